The van der Waals surface area contributed by atoms with Crippen LogP contribution in [0.1, 0.15) is 11.4 Å². The third kappa shape index (κ3) is 7.85. The van der Waals surface area contributed by atoms with Gasteiger partial charge in [0, 0.05) is 72.6 Å². The summed E-state index contributed by atoms with van der Waals surface area (Å²) >= 11 is 0. The molecule has 5 nitrogen and oxygen atoms in total. The third-order valence-electron chi connectivity index (χ3n) is 8.86. The minimum absolute atomic E-state index is 0. The second kappa shape index (κ2) is 16.0. The first kappa shape index (κ1) is 35.2. The van der Waals surface area contributed by atoms with Crippen molar-refractivity contribution in [1.29, 1.82) is 0 Å². The number of hydrogen-bond acceptors (Lipinski definition) is 5. The minimum atomic E-state index is 0. The van der Waals surface area contributed by atoms with Crippen LogP contribution >= 0.6 is 0 Å². The predicted octanol–water partition coefficient (Wildman–Crippen LogP) is 11.2. The Balaban J connectivity index is 0.000000284. The topological polar surface area (TPSA) is 64.5 Å². The van der Waals surface area contributed by atoms with Gasteiger partial charge in [-0.1, -0.05) is 36.4 Å². The standard InChI is InChI=1S/C36H25N4.C11H8N.Ir/c1-23-16-27(17-24(2)40-23)29-19-28(25-8-5-9-26(18-25)34-12-3-4-13-37-34)20-30(21-29)33-22-35-31(10-6-14-38-35)32-11-7-15-39-36(32)33;1-2-6-10(7-3-1)11-8-4-5-9-12-11;/h3-8,10-22H,1-2H3;1-6,8-9H;/q2*-1;. The van der Waals surface area contributed by atoms with Gasteiger partial charge in [0.05, 0.1) is 11.0 Å². The molecule has 0 fully saturated rings. The molecule has 0 saturated heterocycles. The molecular weight excluding hydrogens is 827 g/mol. The molecule has 9 rings (SSSR count). The molecular formula is C47H33IrN5-2. The number of aryl methyl sites for hydroxylation is 2. The van der Waals surface area contributed by atoms with Gasteiger partial charge in [0.1, 0.15) is 0 Å². The second-order valence-corrected chi connectivity index (χ2v) is 12.5. The van der Waals surface area contributed by atoms with Crippen LogP contribution in [0.2, 0.25) is 0 Å². The molecule has 53 heavy (non-hydrogen) atoms. The number of nitrogens with zero attached hydrogens (tertiary/aromatic N) is 5. The maximum Gasteiger partial charge on any atom is 0.0787 e. The first-order valence-corrected chi connectivity index (χ1v) is 17.1. The predicted molar refractivity (Wildman–Crippen MR) is 211 cm³/mol. The van der Waals surface area contributed by atoms with E-state index >= 15 is 0 Å². The molecule has 0 saturated carbocycles. The van der Waals surface area contributed by atoms with Crippen molar-refractivity contribution in [2.24, 2.45) is 0 Å². The maximum atomic E-state index is 4.84. The molecule has 6 heteroatoms. The van der Waals surface area contributed by atoms with Crippen molar-refractivity contribution in [3.63, 3.8) is 0 Å². The van der Waals surface area contributed by atoms with Crippen molar-refractivity contribution in [3.05, 3.63) is 188 Å². The number of benzene rings is 4. The van der Waals surface area contributed by atoms with Crippen LogP contribution in [-0.4, -0.2) is 24.9 Å². The maximum absolute atomic E-state index is 4.84. The first-order valence-electron chi connectivity index (χ1n) is 17.1. The number of aromatic nitrogens is 5. The largest absolute Gasteiger partial charge is 0.305 e. The molecule has 1 radical (unpaired) electrons. The van der Waals surface area contributed by atoms with Crippen LogP contribution in [-0.2, 0) is 20.1 Å². The molecule has 0 aliphatic rings. The Labute approximate surface area is 322 Å². The molecule has 5 aromatic heterocycles. The SMILES string of the molecule is Cc1cc(-c2cc(-c3cc[c-]c(-c4ccccn4)c3)cc(-c3cc4ncccc4c4cccnc34)c2)cc(C)n1.[Ir].[c-]1ccccc1-c1ccccn1. The van der Waals surface area contributed by atoms with Crippen molar-refractivity contribution in [1.82, 2.24) is 24.9 Å². The molecule has 4 aromatic carbocycles. The van der Waals surface area contributed by atoms with Gasteiger partial charge in [0.2, 0.25) is 0 Å². The zero-order chi connectivity index (χ0) is 35.3. The van der Waals surface area contributed by atoms with Gasteiger partial charge in [-0.3, -0.25) is 15.0 Å². The Hall–Kier alpha value is -6.20. The van der Waals surface area contributed by atoms with Gasteiger partial charge in [-0.25, -0.2) is 0 Å². The van der Waals surface area contributed by atoms with Crippen molar-refractivity contribution >= 4 is 21.8 Å². The van der Waals surface area contributed by atoms with E-state index in [1.807, 2.05) is 111 Å². The summed E-state index contributed by atoms with van der Waals surface area (Å²) in [6, 6.07) is 53.8. The number of pyridine rings is 5. The van der Waals surface area contributed by atoms with Crippen LogP contribution < -0.4 is 0 Å². The Morgan fingerprint density at radius 3 is 1.74 bits per heavy atom. The summed E-state index contributed by atoms with van der Waals surface area (Å²) in [5.41, 5.74) is 14.4. The molecule has 0 aliphatic carbocycles. The smallest absolute Gasteiger partial charge is 0.0787 e. The monoisotopic (exact) mass is 860 g/mol. The van der Waals surface area contributed by atoms with Crippen molar-refractivity contribution < 1.29 is 20.1 Å². The van der Waals surface area contributed by atoms with E-state index in [4.69, 9.17) is 9.97 Å². The van der Waals surface area contributed by atoms with Crippen LogP contribution in [0, 0.1) is 26.0 Å². The van der Waals surface area contributed by atoms with Crippen LogP contribution in [0.15, 0.2) is 164 Å². The molecule has 0 unspecified atom stereocenters. The van der Waals surface area contributed by atoms with Crippen molar-refractivity contribution in [2.75, 3.05) is 0 Å². The molecule has 0 spiro atoms. The fourth-order valence-corrected chi connectivity index (χ4v) is 6.53. The Kier molecular flexibility index (Phi) is 10.6. The molecule has 0 amide bonds. The normalized spacial score (nSPS) is 10.7. The van der Waals surface area contributed by atoms with Crippen LogP contribution in [0.25, 0.3) is 77.7 Å². The Morgan fingerprint density at radius 1 is 0.434 bits per heavy atom. The van der Waals surface area contributed by atoms with Crippen LogP contribution in [0.3, 0.4) is 0 Å². The fourth-order valence-electron chi connectivity index (χ4n) is 6.53. The van der Waals surface area contributed by atoms with Gasteiger partial charge in [0.15, 0.2) is 0 Å². The number of fused-ring (bicyclic) bond motifs is 3. The average Bonchev–Trinajstić information content (AvgIpc) is 3.21. The Bertz CT molecular complexity index is 2590. The van der Waals surface area contributed by atoms with Crippen LogP contribution in [0.5, 0.6) is 0 Å². The molecule has 5 heterocycles. The van der Waals surface area contributed by atoms with Gasteiger partial charge in [0.25, 0.3) is 0 Å². The summed E-state index contributed by atoms with van der Waals surface area (Å²) < 4.78 is 0. The molecule has 0 bridgehead atoms. The third-order valence-corrected chi connectivity index (χ3v) is 8.86. The summed E-state index contributed by atoms with van der Waals surface area (Å²) in [5, 5.41) is 2.20. The van der Waals surface area contributed by atoms with E-state index in [2.05, 4.69) is 87.7 Å². The van der Waals surface area contributed by atoms with E-state index in [0.717, 1.165) is 89.1 Å². The van der Waals surface area contributed by atoms with E-state index in [-0.39, 0.29) is 20.1 Å². The zero-order valence-corrected chi connectivity index (χ0v) is 31.6. The number of rotatable bonds is 5. The van der Waals surface area contributed by atoms with E-state index < -0.39 is 0 Å². The quantitative estimate of drug-likeness (QED) is 0.127. The average molecular weight is 860 g/mol. The van der Waals surface area contributed by atoms with E-state index in [9.17, 15) is 0 Å². The van der Waals surface area contributed by atoms with Crippen molar-refractivity contribution in [3.8, 4) is 55.9 Å². The number of hydrogen-bond donors (Lipinski definition) is 0. The van der Waals surface area contributed by atoms with Crippen molar-refractivity contribution in [2.45, 2.75) is 13.8 Å². The van der Waals surface area contributed by atoms with Gasteiger partial charge < -0.3 is 9.97 Å². The summed E-state index contributed by atoms with van der Waals surface area (Å²) in [6.45, 7) is 4.08. The summed E-state index contributed by atoms with van der Waals surface area (Å²) in [7, 11) is 0. The summed E-state index contributed by atoms with van der Waals surface area (Å²) in [6.07, 6.45) is 7.31. The Morgan fingerprint density at radius 2 is 1.04 bits per heavy atom. The van der Waals surface area contributed by atoms with Gasteiger partial charge in [-0.15, -0.1) is 71.3 Å². The van der Waals surface area contributed by atoms with E-state index in [1.54, 1.807) is 6.20 Å². The van der Waals surface area contributed by atoms with Gasteiger partial charge in [-0.2, -0.15) is 0 Å². The van der Waals surface area contributed by atoms with Gasteiger partial charge >= 0.3 is 0 Å². The van der Waals surface area contributed by atoms with E-state index in [1.165, 1.54) is 0 Å². The summed E-state index contributed by atoms with van der Waals surface area (Å²) in [4.78, 5) is 22.9. The van der Waals surface area contributed by atoms with Crippen LogP contribution in [0.4, 0.5) is 0 Å². The molecule has 0 aliphatic heterocycles. The van der Waals surface area contributed by atoms with Gasteiger partial charge in [-0.05, 0) is 108 Å². The molecule has 257 valence electrons. The molecule has 9 aromatic rings. The second-order valence-electron chi connectivity index (χ2n) is 12.5. The fraction of sp³-hybridized carbons (Fsp3) is 0.0426. The molecule has 0 N–H and O–H groups in total. The first-order chi connectivity index (χ1) is 25.6. The van der Waals surface area contributed by atoms with E-state index in [0.29, 0.717) is 0 Å². The zero-order valence-electron chi connectivity index (χ0n) is 29.2. The minimum Gasteiger partial charge on any atom is -0.305 e. The summed E-state index contributed by atoms with van der Waals surface area (Å²) in [5.74, 6) is 0. The molecule has 0 atom stereocenters.